The number of carbonyl (C=O) groups excluding carboxylic acids is 1. The molecule has 1 aromatic carbocycles. The largest absolute Gasteiger partial charge is 0.393 e. The fraction of sp³-hybridized carbons (Fsp3) is 0.750. The van der Waals surface area contributed by atoms with Crippen LogP contribution in [0.5, 0.6) is 0 Å². The zero-order valence-electron chi connectivity index (χ0n) is 25.3. The molecule has 0 unspecified atom stereocenters. The van der Waals surface area contributed by atoms with Crippen LogP contribution in [-0.2, 0) is 4.74 Å². The summed E-state index contributed by atoms with van der Waals surface area (Å²) in [5.41, 5.74) is 4.55. The third-order valence-electron chi connectivity index (χ3n) is 13.3. The summed E-state index contributed by atoms with van der Waals surface area (Å²) in [4.78, 5) is 15.8. The third-order valence-corrected chi connectivity index (χ3v) is 13.3. The van der Waals surface area contributed by atoms with Crippen molar-refractivity contribution in [3.8, 4) is 0 Å². The Labute approximate surface area is 241 Å². The number of fused-ring (bicyclic) bond motifs is 6. The molecule has 0 bridgehead atoms. The lowest BCUT2D eigenvalue weighted by Crippen LogP contribution is -2.53. The Hall–Kier alpha value is -1.49. The summed E-state index contributed by atoms with van der Waals surface area (Å²) < 4.78 is 7.25. The summed E-state index contributed by atoms with van der Waals surface area (Å²) in [6.07, 6.45) is 11.9. The van der Waals surface area contributed by atoms with Gasteiger partial charge in [-0.2, -0.15) is 0 Å². The number of allylic oxidation sites excluding steroid dienone is 1. The van der Waals surface area contributed by atoms with Crippen LogP contribution in [0.25, 0.3) is 0 Å². The number of nitrogens with zero attached hydrogens (tertiary/aromatic N) is 1. The van der Waals surface area contributed by atoms with E-state index in [4.69, 9.17) is 4.74 Å². The van der Waals surface area contributed by atoms with Crippen molar-refractivity contribution < 1.29 is 14.6 Å². The van der Waals surface area contributed by atoms with Crippen molar-refractivity contribution in [2.24, 2.45) is 40.9 Å². The summed E-state index contributed by atoms with van der Waals surface area (Å²) in [6, 6.07) is 10.2. The van der Waals surface area contributed by atoms with Crippen LogP contribution in [0.15, 0.2) is 41.5 Å². The lowest BCUT2D eigenvalue weighted by Gasteiger charge is -2.53. The topological polar surface area (TPSA) is 49.8 Å². The maximum absolute atomic E-state index is 13.3. The van der Waals surface area contributed by atoms with Crippen molar-refractivity contribution in [3.63, 3.8) is 0 Å². The quantitative estimate of drug-likeness (QED) is 0.326. The van der Waals surface area contributed by atoms with Gasteiger partial charge >= 0.3 is 0 Å². The molecular weight excluding hydrogens is 494 g/mol. The van der Waals surface area contributed by atoms with E-state index in [1.807, 2.05) is 30.3 Å². The molecular formula is C36H51NO3. The molecule has 4 heteroatoms. The number of hydrogen-bond donors (Lipinski definition) is 1. The zero-order chi connectivity index (χ0) is 27.8. The zero-order valence-corrected chi connectivity index (χ0v) is 25.3. The van der Waals surface area contributed by atoms with Gasteiger partial charge in [-0.25, -0.2) is 0 Å². The molecule has 11 atom stereocenters. The average molecular weight is 546 g/mol. The number of rotatable bonds is 3. The maximum Gasteiger partial charge on any atom is 0.176 e. The van der Waals surface area contributed by atoms with E-state index in [9.17, 15) is 9.90 Å². The number of carbonyl (C=O) groups is 1. The molecule has 1 spiro atoms. The van der Waals surface area contributed by atoms with Crippen molar-refractivity contribution in [2.45, 2.75) is 116 Å². The highest BCUT2D eigenvalue weighted by Crippen LogP contribution is 2.65. The molecule has 7 rings (SSSR count). The Balaban J connectivity index is 1.13. The molecule has 1 N–H and O–H groups in total. The van der Waals surface area contributed by atoms with Crippen LogP contribution in [0, 0.1) is 40.9 Å². The smallest absolute Gasteiger partial charge is 0.176 e. The second-order valence-corrected chi connectivity index (χ2v) is 15.4. The normalized spacial score (nSPS) is 46.9. The van der Waals surface area contributed by atoms with Gasteiger partial charge in [-0.15, -0.1) is 0 Å². The number of hydrogen-bond acceptors (Lipinski definition) is 4. The second-order valence-electron chi connectivity index (χ2n) is 15.4. The van der Waals surface area contributed by atoms with Gasteiger partial charge in [0.2, 0.25) is 0 Å². The minimum atomic E-state index is -0.0968. The Kier molecular flexibility index (Phi) is 6.88. The highest BCUT2D eigenvalue weighted by molar-refractivity contribution is 5.97. The van der Waals surface area contributed by atoms with E-state index in [1.165, 1.54) is 32.1 Å². The number of piperidine rings is 1. The molecule has 218 valence electrons. The summed E-state index contributed by atoms with van der Waals surface area (Å²) in [7, 11) is 0. The van der Waals surface area contributed by atoms with Crippen molar-refractivity contribution in [1.82, 2.24) is 4.90 Å². The van der Waals surface area contributed by atoms with E-state index >= 15 is 0 Å². The lowest BCUT2D eigenvalue weighted by atomic mass is 9.52. The number of benzene rings is 1. The minimum absolute atomic E-state index is 0.0721. The molecule has 4 aliphatic carbocycles. The third kappa shape index (κ3) is 4.30. The predicted molar refractivity (Wildman–Crippen MR) is 159 cm³/mol. The van der Waals surface area contributed by atoms with E-state index in [0.29, 0.717) is 35.8 Å². The van der Waals surface area contributed by atoms with Crippen LogP contribution in [-0.4, -0.2) is 52.7 Å². The molecule has 0 amide bonds. The van der Waals surface area contributed by atoms with Gasteiger partial charge in [0.05, 0.1) is 24.4 Å². The van der Waals surface area contributed by atoms with Crippen LogP contribution < -0.4 is 0 Å². The summed E-state index contributed by atoms with van der Waals surface area (Å²) in [6.45, 7) is 11.3. The van der Waals surface area contributed by atoms with Crippen molar-refractivity contribution in [3.05, 3.63) is 47.0 Å². The van der Waals surface area contributed by atoms with E-state index in [-0.39, 0.29) is 23.6 Å². The van der Waals surface area contributed by atoms with Crippen molar-refractivity contribution >= 4 is 5.78 Å². The molecule has 2 heterocycles. The van der Waals surface area contributed by atoms with E-state index < -0.39 is 0 Å². The Morgan fingerprint density at radius 2 is 1.88 bits per heavy atom. The van der Waals surface area contributed by atoms with Gasteiger partial charge in [0.15, 0.2) is 5.78 Å². The summed E-state index contributed by atoms with van der Waals surface area (Å²) in [5, 5.41) is 10.4. The summed E-state index contributed by atoms with van der Waals surface area (Å²) >= 11 is 0. The maximum atomic E-state index is 13.3. The highest BCUT2D eigenvalue weighted by Gasteiger charge is 2.60. The van der Waals surface area contributed by atoms with Crippen LogP contribution in [0.4, 0.5) is 0 Å². The molecule has 1 aromatic rings. The van der Waals surface area contributed by atoms with Gasteiger partial charge in [-0.1, -0.05) is 62.2 Å². The number of Topliss-reactive ketones (excluding diaryl/α,β-unsaturated/α-hetero) is 1. The number of ketones is 1. The van der Waals surface area contributed by atoms with Crippen LogP contribution in [0.2, 0.25) is 0 Å². The van der Waals surface area contributed by atoms with Crippen molar-refractivity contribution in [2.75, 3.05) is 13.1 Å². The fourth-order valence-corrected chi connectivity index (χ4v) is 11.3. The van der Waals surface area contributed by atoms with Gasteiger partial charge < -0.3 is 9.84 Å². The SMILES string of the molecule is CC1=C2C[C@H]3[C@@H](CC[C@@H]4C[C@H](O)CC[C@@]43C)[C@@H]2CC[C@@]2(C1)O[C@@H]1C[C@H](C)CN(CC(=O)c3ccccc3)[C@H]1[C@H]2C. The molecule has 40 heavy (non-hydrogen) atoms. The number of aliphatic hydroxyl groups is 1. The molecule has 0 aromatic heterocycles. The Morgan fingerprint density at radius 1 is 1.07 bits per heavy atom. The Bertz CT molecular complexity index is 1160. The van der Waals surface area contributed by atoms with Gasteiger partial charge in [0, 0.05) is 24.1 Å². The molecule has 2 saturated heterocycles. The first kappa shape index (κ1) is 27.3. The number of likely N-dealkylation sites (tertiary alicyclic amines) is 1. The van der Waals surface area contributed by atoms with Gasteiger partial charge in [-0.05, 0) is 106 Å². The highest BCUT2D eigenvalue weighted by atomic mass is 16.5. The van der Waals surface area contributed by atoms with Gasteiger partial charge in [-0.3, -0.25) is 9.69 Å². The molecule has 3 saturated carbocycles. The molecule has 2 aliphatic heterocycles. The first-order chi connectivity index (χ1) is 19.2. The van der Waals surface area contributed by atoms with Gasteiger partial charge in [0.25, 0.3) is 0 Å². The first-order valence-electron chi connectivity index (χ1n) is 16.6. The van der Waals surface area contributed by atoms with Crippen LogP contribution in [0.3, 0.4) is 0 Å². The lowest BCUT2D eigenvalue weighted by molar-refractivity contribution is -0.0835. The number of ether oxygens (including phenoxy) is 1. The van der Waals surface area contributed by atoms with Gasteiger partial charge in [0.1, 0.15) is 0 Å². The first-order valence-corrected chi connectivity index (χ1v) is 16.6. The average Bonchev–Trinajstić information content (AvgIpc) is 3.39. The number of aliphatic hydroxyl groups excluding tert-OH is 1. The molecule has 6 aliphatic rings. The second kappa shape index (κ2) is 10.1. The standard InChI is InChI=1S/C36H51NO3/c1-22-16-33-34(37(20-22)21-32(39)25-8-6-5-7-9-25)24(3)36(40-33)15-13-28-29-11-10-26-17-27(38)12-14-35(26,4)31(29)18-30(28)23(2)19-36/h5-9,22,24,26-29,31,33-34,38H,10-21H2,1-4H3/t22-,24+,26+,27+,28-,29-,31-,33+,34-,35-,36-/m0/s1. The van der Waals surface area contributed by atoms with E-state index in [0.717, 1.165) is 62.0 Å². The van der Waals surface area contributed by atoms with Crippen LogP contribution in [0.1, 0.15) is 102 Å². The minimum Gasteiger partial charge on any atom is -0.393 e. The molecule has 5 fully saturated rings. The fourth-order valence-electron chi connectivity index (χ4n) is 11.3. The molecule has 0 radical (unpaired) electrons. The van der Waals surface area contributed by atoms with E-state index in [2.05, 4.69) is 32.6 Å². The predicted octanol–water partition coefficient (Wildman–Crippen LogP) is 7.07. The summed E-state index contributed by atoms with van der Waals surface area (Å²) in [5.74, 6) is 4.25. The monoisotopic (exact) mass is 545 g/mol. The van der Waals surface area contributed by atoms with Crippen molar-refractivity contribution in [1.29, 1.82) is 0 Å². The Morgan fingerprint density at radius 3 is 2.67 bits per heavy atom. The molecule has 4 nitrogen and oxygen atoms in total. The van der Waals surface area contributed by atoms with E-state index in [1.54, 1.807) is 11.1 Å². The van der Waals surface area contributed by atoms with Crippen LogP contribution >= 0.6 is 0 Å².